The summed E-state index contributed by atoms with van der Waals surface area (Å²) in [6, 6.07) is 15.7. The minimum atomic E-state index is -0.630. The van der Waals surface area contributed by atoms with Gasteiger partial charge in [0.25, 0.3) is 5.69 Å². The molecular weight excluding hydrogens is 686 g/mol. The van der Waals surface area contributed by atoms with Crippen LogP contribution in [0, 0.1) is 24.2 Å². The van der Waals surface area contributed by atoms with E-state index in [9.17, 15) is 14.9 Å². The summed E-state index contributed by atoms with van der Waals surface area (Å²) in [6.07, 6.45) is 1.62. The molecule has 0 N–H and O–H groups in total. The second-order valence-electron chi connectivity index (χ2n) is 7.29. The van der Waals surface area contributed by atoms with Gasteiger partial charge in [-0.05, 0) is 93.1 Å². The summed E-state index contributed by atoms with van der Waals surface area (Å²) in [6.45, 7) is 2.50. The number of aryl methyl sites for hydroxylation is 1. The van der Waals surface area contributed by atoms with Crippen molar-refractivity contribution in [1.82, 2.24) is 0 Å². The monoisotopic (exact) mass is 700 g/mol. The topological polar surface area (TPSA) is 91.0 Å². The predicted octanol–water partition coefficient (Wildman–Crippen LogP) is 6.69. The van der Waals surface area contributed by atoms with E-state index in [0.29, 0.717) is 12.2 Å². The van der Waals surface area contributed by atoms with Gasteiger partial charge in [-0.2, -0.15) is 0 Å². The zero-order chi connectivity index (χ0) is 24.4. The van der Waals surface area contributed by atoms with Gasteiger partial charge >= 0.3 is 5.97 Å². The van der Waals surface area contributed by atoms with Crippen molar-refractivity contribution in [3.8, 4) is 5.75 Å². The van der Waals surface area contributed by atoms with E-state index < -0.39 is 10.9 Å². The summed E-state index contributed by atoms with van der Waals surface area (Å²) >= 11 is 10.5. The standard InChI is InChI=1S/C24H15ClI2N2O5/c1-13-4-2-3-5-15(13)12-33-22-19(26)8-14(9-20(22)27)10-21-24(30)34-23(28-21)17-7-6-16(29(31)32)11-18(17)25/h2-11H,12H2,1H3/b21-10-. The van der Waals surface area contributed by atoms with Gasteiger partial charge in [-0.25, -0.2) is 9.79 Å². The summed E-state index contributed by atoms with van der Waals surface area (Å²) < 4.78 is 13.1. The Balaban J connectivity index is 1.58. The highest BCUT2D eigenvalue weighted by molar-refractivity contribution is 14.1. The predicted molar refractivity (Wildman–Crippen MR) is 146 cm³/mol. The molecule has 1 aliphatic rings. The van der Waals surface area contributed by atoms with Gasteiger partial charge in [-0.3, -0.25) is 10.1 Å². The number of rotatable bonds is 6. The Bertz CT molecular complexity index is 1360. The van der Waals surface area contributed by atoms with E-state index in [1.165, 1.54) is 18.2 Å². The molecule has 172 valence electrons. The van der Waals surface area contributed by atoms with Gasteiger partial charge in [0.2, 0.25) is 5.90 Å². The molecule has 0 aromatic heterocycles. The summed E-state index contributed by atoms with van der Waals surface area (Å²) in [7, 11) is 0. The fourth-order valence-corrected chi connectivity index (χ4v) is 5.58. The molecule has 0 aliphatic carbocycles. The van der Waals surface area contributed by atoms with Crippen molar-refractivity contribution < 1.29 is 19.2 Å². The maximum absolute atomic E-state index is 12.4. The highest BCUT2D eigenvalue weighted by Gasteiger charge is 2.26. The number of halogens is 3. The first-order valence-electron chi connectivity index (χ1n) is 9.86. The molecular formula is C24H15ClI2N2O5. The zero-order valence-electron chi connectivity index (χ0n) is 17.6. The van der Waals surface area contributed by atoms with Crippen LogP contribution in [0.25, 0.3) is 6.08 Å². The fourth-order valence-electron chi connectivity index (χ4n) is 3.20. The second-order valence-corrected chi connectivity index (χ2v) is 10.0. The van der Waals surface area contributed by atoms with Crippen LogP contribution in [0.3, 0.4) is 0 Å². The first kappa shape index (κ1) is 24.6. The summed E-state index contributed by atoms with van der Waals surface area (Å²) in [5, 5.41) is 11.0. The second kappa shape index (κ2) is 10.4. The number of hydrogen-bond acceptors (Lipinski definition) is 6. The van der Waals surface area contributed by atoms with Crippen molar-refractivity contribution in [2.75, 3.05) is 0 Å². The number of nitrogens with zero attached hydrogens (tertiary/aromatic N) is 2. The minimum Gasteiger partial charge on any atom is -0.487 e. The number of benzene rings is 3. The number of esters is 1. The van der Waals surface area contributed by atoms with Gasteiger partial charge in [0.05, 0.1) is 22.6 Å². The van der Waals surface area contributed by atoms with Gasteiger partial charge in [0.1, 0.15) is 12.4 Å². The lowest BCUT2D eigenvalue weighted by atomic mass is 10.1. The Morgan fingerprint density at radius 2 is 1.85 bits per heavy atom. The maximum atomic E-state index is 12.4. The third kappa shape index (κ3) is 5.41. The van der Waals surface area contributed by atoms with Crippen molar-refractivity contribution in [1.29, 1.82) is 0 Å². The van der Waals surface area contributed by atoms with Crippen LogP contribution in [0.15, 0.2) is 65.3 Å². The van der Waals surface area contributed by atoms with Crippen molar-refractivity contribution in [3.63, 3.8) is 0 Å². The summed E-state index contributed by atoms with van der Waals surface area (Å²) in [5.41, 5.74) is 3.26. The minimum absolute atomic E-state index is 0.00118. The highest BCUT2D eigenvalue weighted by Crippen LogP contribution is 2.32. The molecule has 4 rings (SSSR count). The van der Waals surface area contributed by atoms with Crippen molar-refractivity contribution in [2.45, 2.75) is 13.5 Å². The molecule has 0 unspecified atom stereocenters. The van der Waals surface area contributed by atoms with E-state index in [0.717, 1.165) is 29.6 Å². The molecule has 10 heteroatoms. The fraction of sp³-hybridized carbons (Fsp3) is 0.0833. The van der Waals surface area contributed by atoms with Gasteiger partial charge < -0.3 is 9.47 Å². The van der Waals surface area contributed by atoms with E-state index in [1.54, 1.807) is 6.08 Å². The van der Waals surface area contributed by atoms with E-state index in [2.05, 4.69) is 50.2 Å². The van der Waals surface area contributed by atoms with Crippen LogP contribution < -0.4 is 4.74 Å². The van der Waals surface area contributed by atoms with Crippen LogP contribution in [0.1, 0.15) is 22.3 Å². The highest BCUT2D eigenvalue weighted by atomic mass is 127. The zero-order valence-corrected chi connectivity index (χ0v) is 22.6. The Hall–Kier alpha value is -2.51. The average molecular weight is 701 g/mol. The molecule has 0 saturated heterocycles. The smallest absolute Gasteiger partial charge is 0.363 e. The summed E-state index contributed by atoms with van der Waals surface area (Å²) in [4.78, 5) is 27.0. The first-order valence-corrected chi connectivity index (χ1v) is 12.4. The third-order valence-electron chi connectivity index (χ3n) is 4.97. The molecule has 3 aromatic carbocycles. The van der Waals surface area contributed by atoms with Crippen LogP contribution in [0.4, 0.5) is 5.69 Å². The molecule has 0 saturated carbocycles. The molecule has 1 aliphatic heterocycles. The molecule has 3 aromatic rings. The van der Waals surface area contributed by atoms with Gasteiger partial charge in [-0.15, -0.1) is 0 Å². The van der Waals surface area contributed by atoms with E-state index in [1.807, 2.05) is 43.3 Å². The third-order valence-corrected chi connectivity index (χ3v) is 6.89. The Kier molecular flexibility index (Phi) is 7.53. The summed E-state index contributed by atoms with van der Waals surface area (Å²) in [5.74, 6) is 0.135. The van der Waals surface area contributed by atoms with Crippen LogP contribution >= 0.6 is 56.8 Å². The molecule has 0 atom stereocenters. The molecule has 0 amide bonds. The van der Waals surface area contributed by atoms with E-state index >= 15 is 0 Å². The molecule has 0 spiro atoms. The average Bonchev–Trinajstić information content (AvgIpc) is 3.14. The molecule has 0 bridgehead atoms. The number of hydrogen-bond donors (Lipinski definition) is 0. The Labute approximate surface area is 227 Å². The molecule has 7 nitrogen and oxygen atoms in total. The molecule has 1 heterocycles. The normalized spacial score (nSPS) is 14.2. The van der Waals surface area contributed by atoms with E-state index in [-0.39, 0.29) is 22.3 Å². The largest absolute Gasteiger partial charge is 0.487 e. The van der Waals surface area contributed by atoms with Gasteiger partial charge in [-0.1, -0.05) is 35.9 Å². The number of cyclic esters (lactones) is 1. The first-order chi connectivity index (χ1) is 16.2. The van der Waals surface area contributed by atoms with Crippen LogP contribution in [0.2, 0.25) is 5.02 Å². The molecule has 0 fully saturated rings. The number of non-ortho nitro benzene ring substituents is 1. The number of nitro groups is 1. The SMILES string of the molecule is Cc1ccccc1COc1c(I)cc(/C=C2\N=C(c3ccc([N+](=O)[O-])cc3Cl)OC2=O)cc1I. The van der Waals surface area contributed by atoms with Crippen LogP contribution in [0.5, 0.6) is 5.75 Å². The molecule has 0 radical (unpaired) electrons. The quantitative estimate of drug-likeness (QED) is 0.0941. The lowest BCUT2D eigenvalue weighted by Gasteiger charge is -2.13. The Morgan fingerprint density at radius 1 is 1.15 bits per heavy atom. The van der Waals surface area contributed by atoms with Gasteiger partial charge in [0.15, 0.2) is 5.70 Å². The molecule has 34 heavy (non-hydrogen) atoms. The van der Waals surface area contributed by atoms with Crippen LogP contribution in [-0.4, -0.2) is 16.8 Å². The van der Waals surface area contributed by atoms with E-state index in [4.69, 9.17) is 21.1 Å². The van der Waals surface area contributed by atoms with Gasteiger partial charge in [0, 0.05) is 12.1 Å². The van der Waals surface area contributed by atoms with Crippen LogP contribution in [-0.2, 0) is 16.1 Å². The number of carbonyl (C=O) groups excluding carboxylic acids is 1. The number of ether oxygens (including phenoxy) is 2. The van der Waals surface area contributed by atoms with Crippen molar-refractivity contribution in [2.24, 2.45) is 4.99 Å². The number of nitro benzene ring substituents is 1. The number of carbonyl (C=O) groups is 1. The van der Waals surface area contributed by atoms with Crippen molar-refractivity contribution in [3.05, 3.63) is 105 Å². The lowest BCUT2D eigenvalue weighted by Crippen LogP contribution is -2.06. The maximum Gasteiger partial charge on any atom is 0.363 e. The van der Waals surface area contributed by atoms with Crippen molar-refractivity contribution >= 4 is 80.4 Å². The Morgan fingerprint density at radius 3 is 2.50 bits per heavy atom. The lowest BCUT2D eigenvalue weighted by molar-refractivity contribution is -0.384. The number of aliphatic imine (C=N–C) groups is 1.